The zero-order chi connectivity index (χ0) is 20.8. The number of carbonyl (C=O) groups excluding carboxylic acids is 3. The minimum Gasteiger partial charge on any atom is -0.478 e. The molecule has 1 aromatic carbocycles. The maximum absolute atomic E-state index is 13.6. The maximum Gasteiger partial charge on any atom is 0.279 e. The van der Waals surface area contributed by atoms with Crippen LogP contribution in [0.4, 0.5) is 4.39 Å². The Morgan fingerprint density at radius 1 is 1.14 bits per heavy atom. The fourth-order valence-corrected chi connectivity index (χ4v) is 3.70. The van der Waals surface area contributed by atoms with Gasteiger partial charge in [-0.05, 0) is 43.3 Å². The Labute approximate surface area is 171 Å². The van der Waals surface area contributed by atoms with Gasteiger partial charge < -0.3 is 9.64 Å². The molecule has 1 aromatic heterocycles. The molecule has 2 heterocycles. The molecule has 0 bridgehead atoms. The zero-order valence-corrected chi connectivity index (χ0v) is 16.7. The fourth-order valence-electron chi connectivity index (χ4n) is 3.01. The number of piperidine rings is 1. The number of thiophene rings is 1. The van der Waals surface area contributed by atoms with Crippen molar-refractivity contribution >= 4 is 29.1 Å². The summed E-state index contributed by atoms with van der Waals surface area (Å²) in [6.45, 7) is 2.42. The molecule has 1 atom stereocenters. The van der Waals surface area contributed by atoms with Crippen molar-refractivity contribution in [3.8, 4) is 5.75 Å². The number of halogens is 1. The summed E-state index contributed by atoms with van der Waals surface area (Å²) in [5, 5.41) is 1.85. The number of benzene rings is 1. The van der Waals surface area contributed by atoms with Crippen LogP contribution in [-0.2, 0) is 9.59 Å². The van der Waals surface area contributed by atoms with E-state index in [-0.39, 0.29) is 23.5 Å². The molecular weight excluding hydrogens is 397 g/mol. The number of likely N-dealkylation sites (tertiary alicyclic amines) is 1. The number of para-hydroxylation sites is 1. The van der Waals surface area contributed by atoms with E-state index in [0.29, 0.717) is 30.8 Å². The SMILES string of the molecule is C[C@H](Oc1ccccc1F)C(=O)NNC(=O)C1CCN(C(=O)c2cccs2)CC1. The molecule has 3 amide bonds. The van der Waals surface area contributed by atoms with Gasteiger partial charge in [-0.15, -0.1) is 11.3 Å². The number of carbonyl (C=O) groups is 3. The average molecular weight is 419 g/mol. The Morgan fingerprint density at radius 3 is 2.52 bits per heavy atom. The number of hydrogen-bond donors (Lipinski definition) is 2. The zero-order valence-electron chi connectivity index (χ0n) is 15.9. The lowest BCUT2D eigenvalue weighted by Crippen LogP contribution is -2.51. The van der Waals surface area contributed by atoms with Gasteiger partial charge in [-0.2, -0.15) is 0 Å². The Bertz CT molecular complexity index is 866. The van der Waals surface area contributed by atoms with Crippen LogP contribution in [0.5, 0.6) is 5.75 Å². The predicted molar refractivity (Wildman–Crippen MR) is 106 cm³/mol. The van der Waals surface area contributed by atoms with Gasteiger partial charge in [-0.1, -0.05) is 18.2 Å². The second-order valence-electron chi connectivity index (χ2n) is 6.71. The first-order valence-electron chi connectivity index (χ1n) is 9.29. The Balaban J connectivity index is 1.42. The number of nitrogens with zero attached hydrogens (tertiary/aromatic N) is 1. The van der Waals surface area contributed by atoms with Gasteiger partial charge in [-0.3, -0.25) is 25.2 Å². The van der Waals surface area contributed by atoms with Crippen LogP contribution in [0.15, 0.2) is 41.8 Å². The Morgan fingerprint density at radius 2 is 1.86 bits per heavy atom. The molecule has 9 heteroatoms. The Hall–Kier alpha value is -2.94. The van der Waals surface area contributed by atoms with E-state index < -0.39 is 17.8 Å². The third-order valence-electron chi connectivity index (χ3n) is 4.70. The van der Waals surface area contributed by atoms with E-state index in [1.165, 1.54) is 36.5 Å². The van der Waals surface area contributed by atoms with Crippen molar-refractivity contribution in [1.82, 2.24) is 15.8 Å². The topological polar surface area (TPSA) is 87.7 Å². The number of amides is 3. The molecule has 29 heavy (non-hydrogen) atoms. The van der Waals surface area contributed by atoms with Gasteiger partial charge in [0.25, 0.3) is 11.8 Å². The van der Waals surface area contributed by atoms with E-state index in [4.69, 9.17) is 4.74 Å². The summed E-state index contributed by atoms with van der Waals surface area (Å²) in [6, 6.07) is 9.39. The van der Waals surface area contributed by atoms with Crippen LogP contribution in [-0.4, -0.2) is 41.8 Å². The molecule has 0 spiro atoms. The highest BCUT2D eigenvalue weighted by atomic mass is 32.1. The monoisotopic (exact) mass is 419 g/mol. The predicted octanol–water partition coefficient (Wildman–Crippen LogP) is 2.35. The molecule has 1 saturated heterocycles. The summed E-state index contributed by atoms with van der Waals surface area (Å²) < 4.78 is 18.9. The molecule has 1 aliphatic rings. The van der Waals surface area contributed by atoms with Gasteiger partial charge in [0, 0.05) is 19.0 Å². The molecule has 1 aliphatic heterocycles. The van der Waals surface area contributed by atoms with Gasteiger partial charge in [0.2, 0.25) is 5.91 Å². The second kappa shape index (κ2) is 9.51. The highest BCUT2D eigenvalue weighted by Crippen LogP contribution is 2.21. The summed E-state index contributed by atoms with van der Waals surface area (Å²) in [5.74, 6) is -1.84. The van der Waals surface area contributed by atoms with E-state index >= 15 is 0 Å². The molecule has 2 N–H and O–H groups in total. The van der Waals surface area contributed by atoms with Crippen molar-refractivity contribution < 1.29 is 23.5 Å². The van der Waals surface area contributed by atoms with Gasteiger partial charge >= 0.3 is 0 Å². The van der Waals surface area contributed by atoms with Crippen LogP contribution >= 0.6 is 11.3 Å². The van der Waals surface area contributed by atoms with Crippen molar-refractivity contribution in [2.24, 2.45) is 5.92 Å². The average Bonchev–Trinajstić information content (AvgIpc) is 3.28. The minimum atomic E-state index is -0.988. The summed E-state index contributed by atoms with van der Waals surface area (Å²) >= 11 is 1.39. The maximum atomic E-state index is 13.6. The van der Waals surface area contributed by atoms with Crippen molar-refractivity contribution in [1.29, 1.82) is 0 Å². The minimum absolute atomic E-state index is 0.0220. The van der Waals surface area contributed by atoms with Crippen LogP contribution in [0.2, 0.25) is 0 Å². The lowest BCUT2D eigenvalue weighted by atomic mass is 9.96. The third kappa shape index (κ3) is 5.32. The highest BCUT2D eigenvalue weighted by molar-refractivity contribution is 7.12. The van der Waals surface area contributed by atoms with Gasteiger partial charge in [-0.25, -0.2) is 4.39 Å². The van der Waals surface area contributed by atoms with Crippen molar-refractivity contribution in [2.45, 2.75) is 25.9 Å². The van der Waals surface area contributed by atoms with Crippen LogP contribution in [0.1, 0.15) is 29.4 Å². The van der Waals surface area contributed by atoms with Crippen LogP contribution < -0.4 is 15.6 Å². The number of nitrogens with one attached hydrogen (secondary N) is 2. The van der Waals surface area contributed by atoms with Gasteiger partial charge in [0.1, 0.15) is 0 Å². The third-order valence-corrected chi connectivity index (χ3v) is 5.56. The summed E-state index contributed by atoms with van der Waals surface area (Å²) in [6.07, 6.45) is 0.0395. The lowest BCUT2D eigenvalue weighted by Gasteiger charge is -2.31. The smallest absolute Gasteiger partial charge is 0.279 e. The molecular formula is C20H22FN3O4S. The first-order valence-corrected chi connectivity index (χ1v) is 10.2. The Kier molecular flexibility index (Phi) is 6.82. The highest BCUT2D eigenvalue weighted by Gasteiger charge is 2.28. The van der Waals surface area contributed by atoms with E-state index in [9.17, 15) is 18.8 Å². The van der Waals surface area contributed by atoms with Crippen molar-refractivity contribution in [2.75, 3.05) is 13.1 Å². The molecule has 3 rings (SSSR count). The summed E-state index contributed by atoms with van der Waals surface area (Å²) in [5.41, 5.74) is 4.70. The number of ether oxygens (including phenoxy) is 1. The van der Waals surface area contributed by atoms with Crippen LogP contribution in [0.3, 0.4) is 0 Å². The first-order chi connectivity index (χ1) is 14.0. The number of hydrazine groups is 1. The first kappa shape index (κ1) is 20.8. The standard InChI is InChI=1S/C20H22FN3O4S/c1-13(28-16-6-3-2-5-15(16)21)18(25)22-23-19(26)14-8-10-24(11-9-14)20(27)17-7-4-12-29-17/h2-7,12-14H,8-11H2,1H3,(H,22,25)(H,23,26)/t13-/m0/s1. The summed E-state index contributed by atoms with van der Waals surface area (Å²) in [4.78, 5) is 39.2. The molecule has 7 nitrogen and oxygen atoms in total. The molecule has 0 saturated carbocycles. The lowest BCUT2D eigenvalue weighted by molar-refractivity contribution is -0.135. The molecule has 0 aliphatic carbocycles. The van der Waals surface area contributed by atoms with E-state index in [0.717, 1.165) is 0 Å². The molecule has 1 fully saturated rings. The largest absolute Gasteiger partial charge is 0.478 e. The molecule has 154 valence electrons. The molecule has 0 unspecified atom stereocenters. The van der Waals surface area contributed by atoms with Gasteiger partial charge in [0.15, 0.2) is 17.7 Å². The van der Waals surface area contributed by atoms with Crippen molar-refractivity contribution in [3.63, 3.8) is 0 Å². The summed E-state index contributed by atoms with van der Waals surface area (Å²) in [7, 11) is 0. The van der Waals surface area contributed by atoms with Crippen LogP contribution in [0.25, 0.3) is 0 Å². The van der Waals surface area contributed by atoms with E-state index in [2.05, 4.69) is 10.9 Å². The van der Waals surface area contributed by atoms with Gasteiger partial charge in [0.05, 0.1) is 4.88 Å². The number of rotatable bonds is 5. The number of hydrogen-bond acceptors (Lipinski definition) is 5. The molecule has 2 aromatic rings. The van der Waals surface area contributed by atoms with E-state index in [1.54, 1.807) is 17.0 Å². The fraction of sp³-hybridized carbons (Fsp3) is 0.350. The molecule has 0 radical (unpaired) electrons. The van der Waals surface area contributed by atoms with E-state index in [1.807, 2.05) is 11.4 Å². The van der Waals surface area contributed by atoms with Crippen molar-refractivity contribution in [3.05, 3.63) is 52.5 Å². The second-order valence-corrected chi connectivity index (χ2v) is 7.66. The quantitative estimate of drug-likeness (QED) is 0.729. The normalized spacial score (nSPS) is 15.4. The van der Waals surface area contributed by atoms with Crippen LogP contribution in [0, 0.1) is 11.7 Å².